The molecule has 0 aromatic heterocycles. The van der Waals surface area contributed by atoms with Gasteiger partial charge in [-0.25, -0.2) is 26.4 Å². The zero-order valence-electron chi connectivity index (χ0n) is 27.2. The predicted molar refractivity (Wildman–Crippen MR) is 176 cm³/mol. The van der Waals surface area contributed by atoms with Gasteiger partial charge in [-0.2, -0.15) is 0 Å². The molecule has 4 heterocycles. The Balaban J connectivity index is 0.000000164. The minimum Gasteiger partial charge on any atom is -0.480 e. The fraction of sp³-hybridized carbons (Fsp3) is 0.500. The molecule has 2 aromatic carbocycles. The Bertz CT molecular complexity index is 1620. The van der Waals surface area contributed by atoms with E-state index in [9.17, 15) is 36.0 Å². The quantitative estimate of drug-likeness (QED) is 0.213. The van der Waals surface area contributed by atoms with E-state index >= 15 is 0 Å². The summed E-state index contributed by atoms with van der Waals surface area (Å²) in [5, 5.41) is 22.9. The number of β-lactam (4-membered cyclic amide) rings is 2. The molecular weight excluding hydrogens is 665 g/mol. The van der Waals surface area contributed by atoms with Crippen molar-refractivity contribution in [1.29, 1.82) is 0 Å². The van der Waals surface area contributed by atoms with Gasteiger partial charge in [0.1, 0.15) is 22.8 Å². The van der Waals surface area contributed by atoms with Crippen molar-refractivity contribution >= 4 is 43.4 Å². The lowest BCUT2D eigenvalue weighted by molar-refractivity contribution is -0.157. The summed E-state index contributed by atoms with van der Waals surface area (Å²) in [5.41, 5.74) is 2.67. The van der Waals surface area contributed by atoms with Gasteiger partial charge in [0.15, 0.2) is 19.7 Å². The summed E-state index contributed by atoms with van der Waals surface area (Å²) in [5.74, 6) is -3.33. The molecule has 0 bridgehead atoms. The summed E-state index contributed by atoms with van der Waals surface area (Å²) >= 11 is 0. The van der Waals surface area contributed by atoms with Crippen molar-refractivity contribution in [2.24, 2.45) is 0 Å². The topological polar surface area (TPSA) is 208 Å². The van der Waals surface area contributed by atoms with Gasteiger partial charge in [0.25, 0.3) is 0 Å². The molecule has 4 aliphatic heterocycles. The van der Waals surface area contributed by atoms with E-state index in [1.54, 1.807) is 0 Å². The third-order valence-electron chi connectivity index (χ3n) is 9.24. The molecule has 14 nitrogen and oxygen atoms in total. The lowest BCUT2D eigenvalue weighted by atomic mass is 9.98. The maximum absolute atomic E-state index is 11.9. The van der Waals surface area contributed by atoms with Crippen LogP contribution in [0.1, 0.15) is 51.7 Å². The lowest BCUT2D eigenvalue weighted by Crippen LogP contribution is -2.57. The van der Waals surface area contributed by atoms with Crippen LogP contribution in [-0.4, -0.2) is 106 Å². The molecule has 262 valence electrons. The summed E-state index contributed by atoms with van der Waals surface area (Å²) in [6.07, 6.45) is -0.176. The molecule has 4 aliphatic rings. The number of rotatable bonds is 9. The minimum atomic E-state index is -3.57. The van der Waals surface area contributed by atoms with Gasteiger partial charge in [-0.15, -0.1) is 0 Å². The Labute approximate surface area is 280 Å². The van der Waals surface area contributed by atoms with Crippen molar-refractivity contribution in [2.75, 3.05) is 13.1 Å². The van der Waals surface area contributed by atoms with Crippen LogP contribution in [0, 0.1) is 0 Å². The molecule has 4 N–H and O–H groups in total. The molecule has 0 radical (unpaired) electrons. The number of carbonyl (C=O) groups excluding carboxylic acids is 2. The molecule has 2 aromatic rings. The number of benzene rings is 2. The molecule has 16 heteroatoms. The minimum absolute atomic E-state index is 0.0878. The first-order chi connectivity index (χ1) is 22.4. The van der Waals surface area contributed by atoms with Crippen molar-refractivity contribution < 1.29 is 46.2 Å². The van der Waals surface area contributed by atoms with Crippen LogP contribution in [0.2, 0.25) is 0 Å². The van der Waals surface area contributed by atoms with Crippen LogP contribution in [0.3, 0.4) is 0 Å². The average molecular weight is 707 g/mol. The summed E-state index contributed by atoms with van der Waals surface area (Å²) in [4.78, 5) is 46.3. The van der Waals surface area contributed by atoms with E-state index in [2.05, 4.69) is 59.2 Å². The first-order valence-electron chi connectivity index (χ1n) is 15.4. The smallest absolute Gasteiger partial charge is 0.328 e. The highest BCUT2D eigenvalue weighted by atomic mass is 32.2. The highest BCUT2D eigenvalue weighted by Gasteiger charge is 2.69. The highest BCUT2D eigenvalue weighted by Crippen LogP contribution is 2.46. The largest absolute Gasteiger partial charge is 0.480 e. The molecule has 6 rings (SSSR count). The fourth-order valence-corrected chi connectivity index (χ4v) is 10.5. The number of carbonyl (C=O) groups is 4. The van der Waals surface area contributed by atoms with E-state index in [1.165, 1.54) is 38.8 Å². The molecule has 0 unspecified atom stereocenters. The molecule has 0 spiro atoms. The first-order valence-corrected chi connectivity index (χ1v) is 18.5. The van der Waals surface area contributed by atoms with Gasteiger partial charge < -0.3 is 30.6 Å². The Morgan fingerprint density at radius 3 is 1.23 bits per heavy atom. The number of hydrogen-bond acceptors (Lipinski definition) is 10. The number of carboxylic acids is 2. The van der Waals surface area contributed by atoms with E-state index in [0.29, 0.717) is 0 Å². The monoisotopic (exact) mass is 706 g/mol. The number of aliphatic carboxylic acids is 2. The maximum atomic E-state index is 11.9. The third kappa shape index (κ3) is 6.70. The first kappa shape index (κ1) is 37.0. The van der Waals surface area contributed by atoms with Crippen molar-refractivity contribution in [2.45, 2.75) is 86.0 Å². The highest BCUT2D eigenvalue weighted by molar-refractivity contribution is 7.94. The van der Waals surface area contributed by atoms with Gasteiger partial charge >= 0.3 is 11.9 Å². The molecule has 4 atom stereocenters. The number of nitrogens with one attached hydrogen (secondary N) is 2. The maximum Gasteiger partial charge on any atom is 0.328 e. The molecular formula is C32H42N4O10S2. The number of hydrogen-bond donors (Lipinski definition) is 4. The van der Waals surface area contributed by atoms with Crippen LogP contribution in [0.4, 0.5) is 0 Å². The second-order valence-electron chi connectivity index (χ2n) is 13.0. The fourth-order valence-electron chi connectivity index (χ4n) is 6.29. The molecule has 4 saturated heterocycles. The summed E-state index contributed by atoms with van der Waals surface area (Å²) in [6, 6.07) is 18.5. The standard InChI is InChI=1S/C16H20N2.2C8H11NO5S/c1-3-7-15(8-4-1)13-17-11-12-18-14-16-9-5-2-6-10-16;2*1-8(2)6(7(11)12)9-4(10)3-5(9)15(8,13)14/h1-10,17-18H,11-14H2;2*5-6H,3H2,1-2H3,(H,11,12)/t;2*5-,6+/m.11/s1. The van der Waals surface area contributed by atoms with Gasteiger partial charge in [0, 0.05) is 26.2 Å². The van der Waals surface area contributed by atoms with E-state index in [1.807, 2.05) is 12.1 Å². The molecule has 2 amide bonds. The summed E-state index contributed by atoms with van der Waals surface area (Å²) in [7, 11) is -7.14. The number of amides is 2. The van der Waals surface area contributed by atoms with Crippen LogP contribution in [-0.2, 0) is 51.9 Å². The third-order valence-corrected chi connectivity index (χ3v) is 14.8. The van der Waals surface area contributed by atoms with Crippen molar-refractivity contribution in [3.05, 3.63) is 71.8 Å². The number of carboxylic acid groups (broad SMARTS) is 2. The summed E-state index contributed by atoms with van der Waals surface area (Å²) < 4.78 is 44.7. The van der Waals surface area contributed by atoms with Gasteiger partial charge in [-0.1, -0.05) is 60.7 Å². The van der Waals surface area contributed by atoms with E-state index in [0.717, 1.165) is 36.0 Å². The van der Waals surface area contributed by atoms with Crippen LogP contribution in [0.15, 0.2) is 60.7 Å². The van der Waals surface area contributed by atoms with Crippen molar-refractivity contribution in [1.82, 2.24) is 20.4 Å². The number of fused-ring (bicyclic) bond motifs is 2. The molecule has 0 aliphatic carbocycles. The average Bonchev–Trinajstić information content (AvgIpc) is 3.23. The zero-order chi connectivity index (χ0) is 35.7. The van der Waals surface area contributed by atoms with Crippen LogP contribution in [0.25, 0.3) is 0 Å². The van der Waals surface area contributed by atoms with E-state index in [4.69, 9.17) is 10.2 Å². The van der Waals surface area contributed by atoms with Gasteiger partial charge in [-0.05, 0) is 38.8 Å². The second kappa shape index (κ2) is 13.9. The van der Waals surface area contributed by atoms with Gasteiger partial charge in [-0.3, -0.25) is 9.59 Å². The van der Waals surface area contributed by atoms with E-state index in [-0.39, 0.29) is 12.8 Å². The summed E-state index contributed by atoms with van der Waals surface area (Å²) in [6.45, 7) is 9.27. The zero-order valence-corrected chi connectivity index (χ0v) is 28.8. The van der Waals surface area contributed by atoms with Gasteiger partial charge in [0.05, 0.1) is 22.3 Å². The van der Waals surface area contributed by atoms with Crippen molar-refractivity contribution in [3.8, 4) is 0 Å². The Hall–Kier alpha value is -3.86. The van der Waals surface area contributed by atoms with Gasteiger partial charge in [0.2, 0.25) is 11.8 Å². The van der Waals surface area contributed by atoms with Crippen LogP contribution < -0.4 is 10.6 Å². The second-order valence-corrected chi connectivity index (χ2v) is 18.4. The number of nitrogens with zero attached hydrogens (tertiary/aromatic N) is 2. The molecule has 0 saturated carbocycles. The van der Waals surface area contributed by atoms with Crippen LogP contribution >= 0.6 is 0 Å². The van der Waals surface area contributed by atoms with Crippen LogP contribution in [0.5, 0.6) is 0 Å². The Morgan fingerprint density at radius 1 is 0.667 bits per heavy atom. The number of sulfone groups is 2. The molecule has 48 heavy (non-hydrogen) atoms. The predicted octanol–water partition coefficient (Wildman–Crippen LogP) is 0.976. The Kier molecular flexibility index (Phi) is 10.7. The molecule has 4 fully saturated rings. The normalized spacial score (nSPS) is 26.3. The van der Waals surface area contributed by atoms with E-state index < -0.39 is 75.8 Å². The van der Waals surface area contributed by atoms with Crippen molar-refractivity contribution in [3.63, 3.8) is 0 Å². The lowest BCUT2D eigenvalue weighted by Gasteiger charge is -2.35. The Morgan fingerprint density at radius 2 is 0.979 bits per heavy atom. The SMILES string of the molecule is CC1(C)[C@H](C(=O)O)N2C(=O)C[C@H]2S1(=O)=O.CC1(C)[C@H](C(=O)O)N2C(=O)C[C@H]2S1(=O)=O.c1ccc(CNCCNCc2ccccc2)cc1.